The first-order chi connectivity index (χ1) is 12.4. The van der Waals surface area contributed by atoms with Gasteiger partial charge in [0.25, 0.3) is 0 Å². The average Bonchev–Trinajstić information content (AvgIpc) is 3.15. The summed E-state index contributed by atoms with van der Waals surface area (Å²) in [7, 11) is -3.65. The molecule has 0 aliphatic carbocycles. The van der Waals surface area contributed by atoms with Crippen molar-refractivity contribution in [3.8, 4) is 5.69 Å². The van der Waals surface area contributed by atoms with Gasteiger partial charge in [-0.05, 0) is 38.8 Å². The monoisotopic (exact) mass is 376 g/mol. The van der Waals surface area contributed by atoms with E-state index in [0.717, 1.165) is 18.7 Å². The van der Waals surface area contributed by atoms with Gasteiger partial charge in [-0.25, -0.2) is 17.8 Å². The minimum Gasteiger partial charge on any atom is -0.343 e. The van der Waals surface area contributed by atoms with Crippen molar-refractivity contribution in [2.24, 2.45) is 0 Å². The number of carbonyl (C=O) groups excluding carboxylic acids is 1. The van der Waals surface area contributed by atoms with Crippen LogP contribution < -0.4 is 4.72 Å². The van der Waals surface area contributed by atoms with Crippen LogP contribution in [0.5, 0.6) is 0 Å². The van der Waals surface area contributed by atoms with Gasteiger partial charge in [0.2, 0.25) is 15.9 Å². The third-order valence-electron chi connectivity index (χ3n) is 4.56. The molecule has 3 rings (SSSR count). The van der Waals surface area contributed by atoms with Gasteiger partial charge in [-0.1, -0.05) is 18.2 Å². The zero-order valence-corrected chi connectivity index (χ0v) is 15.9. The molecule has 1 aromatic heterocycles. The quantitative estimate of drug-likeness (QED) is 0.747. The maximum atomic E-state index is 12.7. The lowest BCUT2D eigenvalue weighted by Gasteiger charge is -2.15. The number of nitrogens with one attached hydrogen (secondary N) is 1. The van der Waals surface area contributed by atoms with Crippen LogP contribution in [0.25, 0.3) is 5.69 Å². The summed E-state index contributed by atoms with van der Waals surface area (Å²) in [5.74, 6) is 0.156. The first-order valence-corrected chi connectivity index (χ1v) is 10.3. The van der Waals surface area contributed by atoms with E-state index < -0.39 is 10.0 Å². The molecule has 7 nitrogen and oxygen atoms in total. The van der Waals surface area contributed by atoms with Crippen molar-refractivity contribution in [2.75, 3.05) is 19.6 Å². The molecule has 140 valence electrons. The Morgan fingerprint density at radius 3 is 2.58 bits per heavy atom. The van der Waals surface area contributed by atoms with E-state index >= 15 is 0 Å². The number of carbonyl (C=O) groups is 1. The molecule has 1 aliphatic rings. The Morgan fingerprint density at radius 2 is 1.92 bits per heavy atom. The van der Waals surface area contributed by atoms with Gasteiger partial charge in [-0.2, -0.15) is 5.10 Å². The van der Waals surface area contributed by atoms with Crippen LogP contribution in [0.2, 0.25) is 0 Å². The number of benzene rings is 1. The molecule has 0 unspecified atom stereocenters. The molecule has 1 saturated heterocycles. The highest BCUT2D eigenvalue weighted by atomic mass is 32.2. The van der Waals surface area contributed by atoms with Crippen LogP contribution in [0.4, 0.5) is 0 Å². The molecule has 1 fully saturated rings. The van der Waals surface area contributed by atoms with Gasteiger partial charge in [0.1, 0.15) is 4.90 Å². The van der Waals surface area contributed by atoms with Gasteiger partial charge in [0, 0.05) is 26.1 Å². The number of hydrogen-bond acceptors (Lipinski definition) is 4. The van der Waals surface area contributed by atoms with E-state index in [-0.39, 0.29) is 10.8 Å². The van der Waals surface area contributed by atoms with E-state index in [2.05, 4.69) is 9.82 Å². The fourth-order valence-electron chi connectivity index (χ4n) is 3.33. The largest absolute Gasteiger partial charge is 0.343 e. The molecular weight excluding hydrogens is 352 g/mol. The van der Waals surface area contributed by atoms with Crippen LogP contribution in [0.15, 0.2) is 35.2 Å². The molecule has 1 N–H and O–H groups in total. The van der Waals surface area contributed by atoms with Crippen LogP contribution in [0, 0.1) is 13.8 Å². The zero-order chi connectivity index (χ0) is 18.7. The van der Waals surface area contributed by atoms with Gasteiger partial charge < -0.3 is 4.90 Å². The van der Waals surface area contributed by atoms with E-state index in [4.69, 9.17) is 0 Å². The van der Waals surface area contributed by atoms with Crippen molar-refractivity contribution in [1.82, 2.24) is 19.4 Å². The fourth-order valence-corrected chi connectivity index (χ4v) is 4.79. The molecule has 2 aromatic rings. The molecule has 0 radical (unpaired) electrons. The number of rotatable bonds is 7. The first kappa shape index (κ1) is 18.6. The van der Waals surface area contributed by atoms with Crippen molar-refractivity contribution >= 4 is 15.9 Å². The van der Waals surface area contributed by atoms with Crippen LogP contribution in [0.3, 0.4) is 0 Å². The normalized spacial score (nSPS) is 15.0. The lowest BCUT2D eigenvalue weighted by molar-refractivity contribution is -0.127. The van der Waals surface area contributed by atoms with Crippen molar-refractivity contribution in [1.29, 1.82) is 0 Å². The molecule has 8 heteroatoms. The number of amides is 1. The van der Waals surface area contributed by atoms with Gasteiger partial charge in [-0.15, -0.1) is 0 Å². The third-order valence-corrected chi connectivity index (χ3v) is 6.28. The Bertz CT molecular complexity index is 891. The van der Waals surface area contributed by atoms with Crippen LogP contribution >= 0.6 is 0 Å². The molecule has 0 bridgehead atoms. The summed E-state index contributed by atoms with van der Waals surface area (Å²) in [4.78, 5) is 13.6. The summed E-state index contributed by atoms with van der Waals surface area (Å²) < 4.78 is 29.8. The van der Waals surface area contributed by atoms with Crippen molar-refractivity contribution in [3.05, 3.63) is 41.7 Å². The minimum atomic E-state index is -3.65. The Balaban J connectivity index is 1.69. The van der Waals surface area contributed by atoms with E-state index in [0.29, 0.717) is 37.3 Å². The standard InChI is InChI=1S/C18H24N4O3S/c1-14-18(15(2)22(20-14)16-8-4-3-5-9-16)26(24,25)19-11-7-13-21-12-6-10-17(21)23/h3-5,8-9,19H,6-7,10-13H2,1-2H3. The SMILES string of the molecule is Cc1nn(-c2ccccc2)c(C)c1S(=O)(=O)NCCCN1CCCC1=O. The lowest BCUT2D eigenvalue weighted by Crippen LogP contribution is -2.31. The van der Waals surface area contributed by atoms with E-state index in [1.807, 2.05) is 30.3 Å². The predicted octanol–water partition coefficient (Wildman–Crippen LogP) is 1.78. The summed E-state index contributed by atoms with van der Waals surface area (Å²) in [6.45, 7) is 5.10. The van der Waals surface area contributed by atoms with Crippen LogP contribution in [-0.2, 0) is 14.8 Å². The van der Waals surface area contributed by atoms with Crippen molar-refractivity contribution in [2.45, 2.75) is 38.0 Å². The molecule has 26 heavy (non-hydrogen) atoms. The fraction of sp³-hybridized carbons (Fsp3) is 0.444. The molecule has 1 aliphatic heterocycles. The van der Waals surface area contributed by atoms with Gasteiger partial charge in [-0.3, -0.25) is 4.79 Å². The lowest BCUT2D eigenvalue weighted by atomic mass is 10.3. The molecule has 1 aromatic carbocycles. The van der Waals surface area contributed by atoms with Gasteiger partial charge in [0.15, 0.2) is 0 Å². The first-order valence-electron chi connectivity index (χ1n) is 8.79. The number of para-hydroxylation sites is 1. The highest BCUT2D eigenvalue weighted by molar-refractivity contribution is 7.89. The molecule has 1 amide bonds. The van der Waals surface area contributed by atoms with E-state index in [1.165, 1.54) is 0 Å². The molecular formula is C18H24N4O3S. The van der Waals surface area contributed by atoms with Crippen LogP contribution in [-0.4, -0.2) is 48.6 Å². The second-order valence-electron chi connectivity index (χ2n) is 6.48. The van der Waals surface area contributed by atoms with Crippen molar-refractivity contribution < 1.29 is 13.2 Å². The molecule has 0 spiro atoms. The molecule has 0 atom stereocenters. The number of aromatic nitrogens is 2. The topological polar surface area (TPSA) is 84.3 Å². The predicted molar refractivity (Wildman–Crippen MR) is 98.7 cm³/mol. The summed E-state index contributed by atoms with van der Waals surface area (Å²) in [6, 6.07) is 9.45. The Hall–Kier alpha value is -2.19. The average molecular weight is 376 g/mol. The number of nitrogens with zero attached hydrogens (tertiary/aromatic N) is 3. The zero-order valence-electron chi connectivity index (χ0n) is 15.1. The number of hydrogen-bond donors (Lipinski definition) is 1. The highest BCUT2D eigenvalue weighted by Gasteiger charge is 2.25. The Labute approximate surface area is 154 Å². The Kier molecular flexibility index (Phi) is 5.43. The molecule has 0 saturated carbocycles. The maximum absolute atomic E-state index is 12.7. The van der Waals surface area contributed by atoms with E-state index in [1.54, 1.807) is 23.4 Å². The summed E-state index contributed by atoms with van der Waals surface area (Å²) in [6.07, 6.45) is 2.08. The maximum Gasteiger partial charge on any atom is 0.244 e. The summed E-state index contributed by atoms with van der Waals surface area (Å²) >= 11 is 0. The smallest absolute Gasteiger partial charge is 0.244 e. The third kappa shape index (κ3) is 3.81. The number of aryl methyl sites for hydroxylation is 1. The highest BCUT2D eigenvalue weighted by Crippen LogP contribution is 2.22. The summed E-state index contributed by atoms with van der Waals surface area (Å²) in [5.41, 5.74) is 1.87. The van der Waals surface area contributed by atoms with E-state index in [9.17, 15) is 13.2 Å². The minimum absolute atomic E-state index is 0.156. The Morgan fingerprint density at radius 1 is 1.19 bits per heavy atom. The molecule has 2 heterocycles. The second-order valence-corrected chi connectivity index (χ2v) is 8.19. The van der Waals surface area contributed by atoms with Gasteiger partial charge >= 0.3 is 0 Å². The van der Waals surface area contributed by atoms with Crippen LogP contribution in [0.1, 0.15) is 30.7 Å². The van der Waals surface area contributed by atoms with Gasteiger partial charge in [0.05, 0.1) is 17.1 Å². The second kappa shape index (κ2) is 7.59. The number of likely N-dealkylation sites (tertiary alicyclic amines) is 1. The van der Waals surface area contributed by atoms with Crippen molar-refractivity contribution in [3.63, 3.8) is 0 Å². The number of sulfonamides is 1. The summed E-state index contributed by atoms with van der Waals surface area (Å²) in [5, 5.41) is 4.39.